The lowest BCUT2D eigenvalue weighted by molar-refractivity contribution is 0.0936. The number of nitrogens with one attached hydrogen (secondary N) is 2. The van der Waals surface area contributed by atoms with Gasteiger partial charge in [-0.3, -0.25) is 9.59 Å². The average Bonchev–Trinajstić information content (AvgIpc) is 2.55. The van der Waals surface area contributed by atoms with E-state index in [9.17, 15) is 9.59 Å². The molecular formula is C18H20N2O3. The van der Waals surface area contributed by atoms with Crippen LogP contribution in [0.3, 0.4) is 0 Å². The molecule has 0 saturated carbocycles. The summed E-state index contributed by atoms with van der Waals surface area (Å²) in [5.74, 6) is -0.394. The third-order valence-electron chi connectivity index (χ3n) is 3.36. The first-order valence-electron chi connectivity index (χ1n) is 7.36. The van der Waals surface area contributed by atoms with Crippen LogP contribution in [0.2, 0.25) is 0 Å². The third kappa shape index (κ3) is 4.66. The Morgan fingerprint density at radius 3 is 2.57 bits per heavy atom. The van der Waals surface area contributed by atoms with E-state index in [1.165, 1.54) is 0 Å². The molecule has 0 aromatic heterocycles. The van der Waals surface area contributed by atoms with Crippen LogP contribution in [0.5, 0.6) is 0 Å². The molecular weight excluding hydrogens is 292 g/mol. The molecule has 0 aliphatic carbocycles. The second kappa shape index (κ2) is 8.10. The van der Waals surface area contributed by atoms with Gasteiger partial charge in [-0.15, -0.1) is 0 Å². The van der Waals surface area contributed by atoms with Crippen molar-refractivity contribution in [3.05, 3.63) is 65.2 Å². The number of anilines is 1. The number of carbonyl (C=O) groups excluding carboxylic acids is 2. The van der Waals surface area contributed by atoms with Crippen LogP contribution in [0.25, 0.3) is 0 Å². The molecule has 0 unspecified atom stereocenters. The van der Waals surface area contributed by atoms with Gasteiger partial charge in [0.25, 0.3) is 11.8 Å². The highest BCUT2D eigenvalue weighted by Crippen LogP contribution is 2.14. The molecule has 0 radical (unpaired) electrons. The van der Waals surface area contributed by atoms with E-state index < -0.39 is 0 Å². The highest BCUT2D eigenvalue weighted by atomic mass is 16.5. The number of methoxy groups -OCH3 is 1. The number of rotatable bonds is 6. The van der Waals surface area contributed by atoms with Crippen LogP contribution in [0.15, 0.2) is 48.5 Å². The maximum absolute atomic E-state index is 12.3. The molecule has 23 heavy (non-hydrogen) atoms. The number of hydrogen-bond acceptors (Lipinski definition) is 3. The summed E-state index contributed by atoms with van der Waals surface area (Å²) in [6.45, 7) is 2.78. The standard InChI is InChI=1S/C18H20N2O3/c1-13-6-3-4-9-16(13)18(22)20-15-8-5-7-14(12-15)17(21)19-10-11-23-2/h3-9,12H,10-11H2,1-2H3,(H,19,21)(H,20,22). The molecule has 0 spiro atoms. The van der Waals surface area contributed by atoms with Crippen LogP contribution < -0.4 is 10.6 Å². The minimum absolute atomic E-state index is 0.194. The summed E-state index contributed by atoms with van der Waals surface area (Å²) in [4.78, 5) is 24.3. The Balaban J connectivity index is 2.07. The summed E-state index contributed by atoms with van der Waals surface area (Å²) < 4.78 is 4.89. The van der Waals surface area contributed by atoms with Gasteiger partial charge in [0, 0.05) is 30.5 Å². The van der Waals surface area contributed by atoms with Crippen molar-refractivity contribution < 1.29 is 14.3 Å². The van der Waals surface area contributed by atoms with Gasteiger partial charge in [0.1, 0.15) is 0 Å². The Morgan fingerprint density at radius 1 is 1.04 bits per heavy atom. The zero-order valence-electron chi connectivity index (χ0n) is 13.3. The summed E-state index contributed by atoms with van der Waals surface area (Å²) in [7, 11) is 1.58. The second-order valence-corrected chi connectivity index (χ2v) is 5.10. The predicted octanol–water partition coefficient (Wildman–Crippen LogP) is 2.62. The van der Waals surface area contributed by atoms with Crippen molar-refractivity contribution in [2.24, 2.45) is 0 Å². The van der Waals surface area contributed by atoms with Gasteiger partial charge in [-0.05, 0) is 36.8 Å². The monoisotopic (exact) mass is 312 g/mol. The molecule has 5 heteroatoms. The number of benzene rings is 2. The first-order chi connectivity index (χ1) is 11.1. The van der Waals surface area contributed by atoms with Crippen LogP contribution in [0.1, 0.15) is 26.3 Å². The molecule has 0 aliphatic heterocycles. The fraction of sp³-hybridized carbons (Fsp3) is 0.222. The van der Waals surface area contributed by atoms with Gasteiger partial charge < -0.3 is 15.4 Å². The maximum Gasteiger partial charge on any atom is 0.255 e. The van der Waals surface area contributed by atoms with Crippen LogP contribution in [0.4, 0.5) is 5.69 Å². The van der Waals surface area contributed by atoms with Gasteiger partial charge in [0.05, 0.1) is 6.61 Å². The van der Waals surface area contributed by atoms with Crippen molar-refractivity contribution in [3.8, 4) is 0 Å². The van der Waals surface area contributed by atoms with E-state index in [-0.39, 0.29) is 11.8 Å². The maximum atomic E-state index is 12.3. The van der Waals surface area contributed by atoms with Crippen molar-refractivity contribution in [2.45, 2.75) is 6.92 Å². The van der Waals surface area contributed by atoms with Crippen molar-refractivity contribution in [1.82, 2.24) is 5.32 Å². The Kier molecular flexibility index (Phi) is 5.88. The summed E-state index contributed by atoms with van der Waals surface area (Å²) in [5, 5.41) is 5.56. The minimum Gasteiger partial charge on any atom is -0.383 e. The van der Waals surface area contributed by atoms with E-state index >= 15 is 0 Å². The van der Waals surface area contributed by atoms with Crippen molar-refractivity contribution in [3.63, 3.8) is 0 Å². The van der Waals surface area contributed by atoms with E-state index in [0.29, 0.717) is 30.0 Å². The SMILES string of the molecule is COCCNC(=O)c1cccc(NC(=O)c2ccccc2C)c1. The summed E-state index contributed by atoms with van der Waals surface area (Å²) in [5.41, 5.74) is 2.59. The van der Waals surface area contributed by atoms with Gasteiger partial charge in [0.2, 0.25) is 0 Å². The third-order valence-corrected chi connectivity index (χ3v) is 3.36. The lowest BCUT2D eigenvalue weighted by Gasteiger charge is -2.09. The van der Waals surface area contributed by atoms with Gasteiger partial charge in [0.15, 0.2) is 0 Å². The summed E-state index contributed by atoms with van der Waals surface area (Å²) >= 11 is 0. The largest absolute Gasteiger partial charge is 0.383 e. The smallest absolute Gasteiger partial charge is 0.255 e. The molecule has 0 aliphatic rings. The predicted molar refractivity (Wildman–Crippen MR) is 89.8 cm³/mol. The van der Waals surface area contributed by atoms with Crippen LogP contribution in [0, 0.1) is 6.92 Å². The molecule has 120 valence electrons. The Bertz CT molecular complexity index is 698. The quantitative estimate of drug-likeness (QED) is 0.806. The van der Waals surface area contributed by atoms with E-state index in [4.69, 9.17) is 4.74 Å². The molecule has 5 nitrogen and oxygen atoms in total. The highest BCUT2D eigenvalue weighted by Gasteiger charge is 2.10. The Labute approximate surface area is 135 Å². The van der Waals surface area contributed by atoms with Crippen molar-refractivity contribution >= 4 is 17.5 Å². The number of hydrogen-bond donors (Lipinski definition) is 2. The minimum atomic E-state index is -0.200. The number of ether oxygens (including phenoxy) is 1. The molecule has 2 rings (SSSR count). The number of aryl methyl sites for hydroxylation is 1. The molecule has 2 N–H and O–H groups in total. The lowest BCUT2D eigenvalue weighted by Crippen LogP contribution is -2.27. The molecule has 0 atom stereocenters. The molecule has 2 aromatic rings. The fourth-order valence-corrected chi connectivity index (χ4v) is 2.13. The van der Waals surface area contributed by atoms with Gasteiger partial charge in [-0.2, -0.15) is 0 Å². The van der Waals surface area contributed by atoms with Crippen LogP contribution in [-0.4, -0.2) is 32.1 Å². The molecule has 0 bridgehead atoms. The number of amides is 2. The van der Waals surface area contributed by atoms with E-state index in [2.05, 4.69) is 10.6 Å². The zero-order chi connectivity index (χ0) is 16.7. The van der Waals surface area contributed by atoms with Crippen molar-refractivity contribution in [2.75, 3.05) is 25.6 Å². The van der Waals surface area contributed by atoms with Crippen LogP contribution >= 0.6 is 0 Å². The molecule has 2 aromatic carbocycles. The highest BCUT2D eigenvalue weighted by molar-refractivity contribution is 6.06. The van der Waals surface area contributed by atoms with E-state index in [1.54, 1.807) is 37.4 Å². The Hall–Kier alpha value is -2.66. The van der Waals surface area contributed by atoms with Gasteiger partial charge in [-0.25, -0.2) is 0 Å². The average molecular weight is 312 g/mol. The lowest BCUT2D eigenvalue weighted by atomic mass is 10.1. The van der Waals surface area contributed by atoms with Gasteiger partial charge >= 0.3 is 0 Å². The van der Waals surface area contributed by atoms with E-state index in [1.807, 2.05) is 25.1 Å². The molecule has 0 heterocycles. The molecule has 2 amide bonds. The van der Waals surface area contributed by atoms with Crippen LogP contribution in [-0.2, 0) is 4.74 Å². The Morgan fingerprint density at radius 2 is 1.83 bits per heavy atom. The molecule has 0 fully saturated rings. The fourth-order valence-electron chi connectivity index (χ4n) is 2.13. The second-order valence-electron chi connectivity index (χ2n) is 5.10. The topological polar surface area (TPSA) is 67.4 Å². The molecule has 0 saturated heterocycles. The normalized spacial score (nSPS) is 10.2. The van der Waals surface area contributed by atoms with Gasteiger partial charge in [-0.1, -0.05) is 24.3 Å². The number of carbonyl (C=O) groups is 2. The first-order valence-corrected chi connectivity index (χ1v) is 7.36. The van der Waals surface area contributed by atoms with Crippen molar-refractivity contribution in [1.29, 1.82) is 0 Å². The first kappa shape index (κ1) is 16.7. The summed E-state index contributed by atoms with van der Waals surface area (Å²) in [6.07, 6.45) is 0. The van der Waals surface area contributed by atoms with E-state index in [0.717, 1.165) is 5.56 Å². The summed E-state index contributed by atoms with van der Waals surface area (Å²) in [6, 6.07) is 14.2. The zero-order valence-corrected chi connectivity index (χ0v) is 13.3.